The highest BCUT2D eigenvalue weighted by Gasteiger charge is 2.40. The van der Waals surface area contributed by atoms with E-state index < -0.39 is 17.5 Å². The third-order valence-electron chi connectivity index (χ3n) is 4.95. The van der Waals surface area contributed by atoms with Crippen LogP contribution in [-0.2, 0) is 9.53 Å². The van der Waals surface area contributed by atoms with Crippen molar-refractivity contribution >= 4 is 22.9 Å². The Balaban J connectivity index is 1.92. The summed E-state index contributed by atoms with van der Waals surface area (Å²) in [6, 6.07) is 5.75. The molecule has 1 aromatic heterocycles. The van der Waals surface area contributed by atoms with Gasteiger partial charge in [0.05, 0.1) is 26.0 Å². The molecular formula is C24H27NO5S. The number of ether oxygens (including phenoxy) is 3. The standard InChI is InChI=1S/C24H27NO5S/c1-5-11-24(27)12-10-16(13-18(24)23(26)28-4)19-15-31-22(25-19)17-8-9-20(29-6-2)21(14-17)30-7-3/h5,8-10,12-15,18,27H,1,6-7,11H2,2-4H3. The van der Waals surface area contributed by atoms with Gasteiger partial charge in [0, 0.05) is 10.9 Å². The van der Waals surface area contributed by atoms with Crippen LogP contribution >= 0.6 is 11.3 Å². The number of aliphatic hydroxyl groups is 1. The number of benzene rings is 1. The summed E-state index contributed by atoms with van der Waals surface area (Å²) in [5.41, 5.74) is 1.02. The quantitative estimate of drug-likeness (QED) is 0.451. The van der Waals surface area contributed by atoms with Gasteiger partial charge < -0.3 is 19.3 Å². The zero-order valence-electron chi connectivity index (χ0n) is 18.0. The van der Waals surface area contributed by atoms with Gasteiger partial charge in [0.25, 0.3) is 0 Å². The Kier molecular flexibility index (Phi) is 7.30. The van der Waals surface area contributed by atoms with Crippen LogP contribution < -0.4 is 9.47 Å². The van der Waals surface area contributed by atoms with E-state index in [-0.39, 0.29) is 6.42 Å². The first kappa shape index (κ1) is 22.8. The van der Waals surface area contributed by atoms with E-state index in [1.807, 2.05) is 37.4 Å². The molecule has 164 valence electrons. The van der Waals surface area contributed by atoms with E-state index in [1.165, 1.54) is 18.4 Å². The molecule has 0 amide bonds. The van der Waals surface area contributed by atoms with Crippen LogP contribution in [-0.4, -0.2) is 42.0 Å². The monoisotopic (exact) mass is 441 g/mol. The number of rotatable bonds is 9. The summed E-state index contributed by atoms with van der Waals surface area (Å²) in [7, 11) is 1.31. The number of hydrogen-bond donors (Lipinski definition) is 1. The van der Waals surface area contributed by atoms with E-state index >= 15 is 0 Å². The van der Waals surface area contributed by atoms with Crippen LogP contribution in [0.2, 0.25) is 0 Å². The molecule has 1 aliphatic rings. The number of nitrogens with zero attached hydrogens (tertiary/aromatic N) is 1. The predicted octanol–water partition coefficient (Wildman–Crippen LogP) is 4.66. The molecule has 1 N–H and O–H groups in total. The smallest absolute Gasteiger partial charge is 0.315 e. The Morgan fingerprint density at radius 1 is 1.29 bits per heavy atom. The summed E-state index contributed by atoms with van der Waals surface area (Å²) in [5.74, 6) is 0.0334. The molecule has 0 fully saturated rings. The molecule has 0 saturated heterocycles. The molecule has 31 heavy (non-hydrogen) atoms. The summed E-state index contributed by atoms with van der Waals surface area (Å²) < 4.78 is 16.2. The number of methoxy groups -OCH3 is 1. The second kappa shape index (κ2) is 9.94. The van der Waals surface area contributed by atoms with Gasteiger partial charge in [0.1, 0.15) is 16.5 Å². The van der Waals surface area contributed by atoms with E-state index in [0.717, 1.165) is 21.8 Å². The first-order valence-electron chi connectivity index (χ1n) is 10.1. The number of carbonyl (C=O) groups excluding carboxylic acids is 1. The topological polar surface area (TPSA) is 77.9 Å². The van der Waals surface area contributed by atoms with E-state index in [9.17, 15) is 9.90 Å². The van der Waals surface area contributed by atoms with E-state index in [0.29, 0.717) is 24.7 Å². The Morgan fingerprint density at radius 3 is 2.71 bits per heavy atom. The lowest BCUT2D eigenvalue weighted by molar-refractivity contribution is -0.149. The van der Waals surface area contributed by atoms with Gasteiger partial charge in [-0.2, -0.15) is 0 Å². The van der Waals surface area contributed by atoms with Gasteiger partial charge in [-0.25, -0.2) is 4.98 Å². The largest absolute Gasteiger partial charge is 0.490 e. The molecule has 2 aromatic rings. The van der Waals surface area contributed by atoms with Crippen molar-refractivity contribution in [3.63, 3.8) is 0 Å². The van der Waals surface area contributed by atoms with Crippen LogP contribution in [0, 0.1) is 5.92 Å². The average Bonchev–Trinajstić information content (AvgIpc) is 3.25. The molecule has 1 aliphatic carbocycles. The molecule has 2 atom stereocenters. The Hall–Kier alpha value is -2.90. The van der Waals surface area contributed by atoms with Crippen LogP contribution in [0.1, 0.15) is 26.0 Å². The van der Waals surface area contributed by atoms with Crippen molar-refractivity contribution in [3.05, 3.63) is 60.2 Å². The summed E-state index contributed by atoms with van der Waals surface area (Å²) >= 11 is 1.49. The minimum Gasteiger partial charge on any atom is -0.490 e. The normalized spacial score (nSPS) is 20.1. The zero-order chi connectivity index (χ0) is 22.4. The van der Waals surface area contributed by atoms with Gasteiger partial charge in [-0.15, -0.1) is 17.9 Å². The molecular weight excluding hydrogens is 414 g/mol. The molecule has 3 rings (SSSR count). The zero-order valence-corrected chi connectivity index (χ0v) is 18.8. The van der Waals surface area contributed by atoms with Crippen molar-refractivity contribution < 1.29 is 24.1 Å². The minimum absolute atomic E-state index is 0.238. The maximum absolute atomic E-state index is 12.3. The highest BCUT2D eigenvalue weighted by molar-refractivity contribution is 7.13. The number of hydrogen-bond acceptors (Lipinski definition) is 7. The van der Waals surface area contributed by atoms with Crippen LogP contribution in [0.4, 0.5) is 0 Å². The molecule has 6 nitrogen and oxygen atoms in total. The van der Waals surface area contributed by atoms with Crippen LogP contribution in [0.5, 0.6) is 11.5 Å². The Morgan fingerprint density at radius 2 is 2.03 bits per heavy atom. The highest BCUT2D eigenvalue weighted by Crippen LogP contribution is 2.38. The van der Waals surface area contributed by atoms with E-state index in [1.54, 1.807) is 24.3 Å². The predicted molar refractivity (Wildman–Crippen MR) is 122 cm³/mol. The summed E-state index contributed by atoms with van der Waals surface area (Å²) in [4.78, 5) is 17.0. The second-order valence-corrected chi connectivity index (χ2v) is 7.86. The molecule has 1 aromatic carbocycles. The van der Waals surface area contributed by atoms with Gasteiger partial charge >= 0.3 is 5.97 Å². The van der Waals surface area contributed by atoms with Gasteiger partial charge in [-0.3, -0.25) is 4.79 Å². The number of aromatic nitrogens is 1. The summed E-state index contributed by atoms with van der Waals surface area (Å²) in [5, 5.41) is 13.6. The fraction of sp³-hybridized carbons (Fsp3) is 0.333. The van der Waals surface area contributed by atoms with E-state index in [4.69, 9.17) is 19.2 Å². The van der Waals surface area contributed by atoms with Gasteiger partial charge in [0.2, 0.25) is 0 Å². The van der Waals surface area contributed by atoms with Gasteiger partial charge in [-0.1, -0.05) is 24.3 Å². The Labute approximate surface area is 186 Å². The maximum atomic E-state index is 12.3. The highest BCUT2D eigenvalue weighted by atomic mass is 32.1. The lowest BCUT2D eigenvalue weighted by atomic mass is 9.79. The number of allylic oxidation sites excluding steroid dienone is 2. The first-order chi connectivity index (χ1) is 15.0. The number of carbonyl (C=O) groups is 1. The van der Waals surface area contributed by atoms with Crippen molar-refractivity contribution in [2.75, 3.05) is 20.3 Å². The summed E-state index contributed by atoms with van der Waals surface area (Å²) in [6.07, 6.45) is 6.93. The lowest BCUT2D eigenvalue weighted by Gasteiger charge is -2.32. The third kappa shape index (κ3) is 4.89. The Bertz CT molecular complexity index is 1010. The van der Waals surface area contributed by atoms with Crippen LogP contribution in [0.15, 0.2) is 54.5 Å². The van der Waals surface area contributed by atoms with Crippen molar-refractivity contribution in [1.29, 1.82) is 0 Å². The second-order valence-electron chi connectivity index (χ2n) is 7.01. The minimum atomic E-state index is -1.36. The first-order valence-corrected chi connectivity index (χ1v) is 11.0. The van der Waals surface area contributed by atoms with Crippen molar-refractivity contribution in [2.45, 2.75) is 25.9 Å². The number of esters is 1. The molecule has 0 bridgehead atoms. The van der Waals surface area contributed by atoms with Crippen molar-refractivity contribution in [1.82, 2.24) is 4.98 Å². The summed E-state index contributed by atoms with van der Waals surface area (Å²) in [6.45, 7) is 8.62. The molecule has 2 unspecified atom stereocenters. The van der Waals surface area contributed by atoms with Crippen molar-refractivity contribution in [3.8, 4) is 22.1 Å². The number of thiazole rings is 1. The lowest BCUT2D eigenvalue weighted by Crippen LogP contribution is -2.41. The fourth-order valence-corrected chi connectivity index (χ4v) is 4.26. The third-order valence-corrected chi connectivity index (χ3v) is 5.84. The molecule has 0 saturated carbocycles. The SMILES string of the molecule is C=CCC1(O)C=CC(c2csc(-c3ccc(OCC)c(OCC)c3)n2)=CC1C(=O)OC. The fourth-order valence-electron chi connectivity index (χ4n) is 3.44. The van der Waals surface area contributed by atoms with Crippen LogP contribution in [0.3, 0.4) is 0 Å². The van der Waals surface area contributed by atoms with E-state index in [2.05, 4.69) is 6.58 Å². The maximum Gasteiger partial charge on any atom is 0.315 e. The molecule has 0 aliphatic heterocycles. The molecule has 7 heteroatoms. The average molecular weight is 442 g/mol. The molecule has 0 radical (unpaired) electrons. The van der Waals surface area contributed by atoms with Crippen molar-refractivity contribution in [2.24, 2.45) is 5.92 Å². The van der Waals surface area contributed by atoms with Crippen LogP contribution in [0.25, 0.3) is 16.1 Å². The van der Waals surface area contributed by atoms with Gasteiger partial charge in [-0.05, 0) is 44.0 Å². The molecule has 0 spiro atoms. The van der Waals surface area contributed by atoms with Gasteiger partial charge in [0.15, 0.2) is 11.5 Å². The molecule has 1 heterocycles.